The van der Waals surface area contributed by atoms with E-state index in [4.69, 9.17) is 28.9 Å². The van der Waals surface area contributed by atoms with Gasteiger partial charge in [0.05, 0.1) is 181 Å². The van der Waals surface area contributed by atoms with Gasteiger partial charge in [-0.3, -0.25) is 68.5 Å². The maximum Gasteiger partial charge on any atom is 0.323 e. The summed E-state index contributed by atoms with van der Waals surface area (Å²) in [6.07, 6.45) is 14.1. The van der Waals surface area contributed by atoms with Gasteiger partial charge in [0.25, 0.3) is 0 Å². The number of fused-ring (bicyclic) bond motifs is 10. The van der Waals surface area contributed by atoms with Gasteiger partial charge in [-0.2, -0.15) is 10.5 Å². The maximum atomic E-state index is 13.2. The normalized spacial score (nSPS) is 17.9. The number of ether oxygens (including phenoxy) is 5. The summed E-state index contributed by atoms with van der Waals surface area (Å²) in [7, 11) is 1.65. The summed E-state index contributed by atoms with van der Waals surface area (Å²) in [6, 6.07) is 53.8. The highest BCUT2D eigenvalue weighted by Crippen LogP contribution is 2.49. The third kappa shape index (κ3) is 18.6. The lowest BCUT2D eigenvalue weighted by atomic mass is 9.94. The topological polar surface area (TPSA) is 414 Å². The van der Waals surface area contributed by atoms with Crippen molar-refractivity contribution in [2.45, 2.75) is 110 Å². The Kier molecular flexibility index (Phi) is 28.2. The summed E-state index contributed by atoms with van der Waals surface area (Å²) in [4.78, 5) is 156. The lowest BCUT2D eigenvalue weighted by molar-refractivity contribution is 0.101. The van der Waals surface area contributed by atoms with E-state index in [1.165, 1.54) is 14.7 Å². The molecule has 6 N–H and O–H groups in total. The Bertz CT molecular complexity index is 6840. The van der Waals surface area contributed by atoms with Gasteiger partial charge in [-0.15, -0.1) is 0 Å². The number of rotatable bonds is 25. The van der Waals surface area contributed by atoms with Crippen molar-refractivity contribution in [3.8, 4) is 40.9 Å². The summed E-state index contributed by atoms with van der Waals surface area (Å²) in [5.41, 5.74) is 14.7. The highest BCUT2D eigenvalue weighted by atomic mass is 16.5. The molecule has 32 heteroatoms. The van der Waals surface area contributed by atoms with E-state index in [-0.39, 0.29) is 60.1 Å². The van der Waals surface area contributed by atoms with E-state index in [1.807, 2.05) is 136 Å². The fourth-order valence-corrected chi connectivity index (χ4v) is 17.7. The predicted molar refractivity (Wildman–Crippen MR) is 507 cm³/mol. The quantitative estimate of drug-likeness (QED) is 0.0176. The molecule has 0 radical (unpaired) electrons. The fourth-order valence-electron chi connectivity index (χ4n) is 17.7. The van der Waals surface area contributed by atoms with Crippen molar-refractivity contribution in [3.05, 3.63) is 337 Å². The predicted octanol–water partition coefficient (Wildman–Crippen LogP) is 16.6. The molecule has 5 atom stereocenters. The zero-order chi connectivity index (χ0) is 96.2. The van der Waals surface area contributed by atoms with Gasteiger partial charge >= 0.3 is 30.2 Å². The van der Waals surface area contributed by atoms with Gasteiger partial charge in [-0.1, -0.05) is 113 Å². The number of aryl methyl sites for hydroxylation is 1. The van der Waals surface area contributed by atoms with Gasteiger partial charge in [-0.05, 0) is 189 Å². The Balaban J connectivity index is 0.000000124. The van der Waals surface area contributed by atoms with Crippen molar-refractivity contribution < 1.29 is 71.6 Å². The highest BCUT2D eigenvalue weighted by molar-refractivity contribution is 6.26. The zero-order valence-electron chi connectivity index (χ0n) is 76.2. The third-order valence-corrected chi connectivity index (χ3v) is 24.1. The number of hydrogen-bond acceptors (Lipinski definition) is 22. The number of nitrogens with one attached hydrogen (secondary N) is 6. The van der Waals surface area contributed by atoms with Crippen LogP contribution in [0.25, 0.3) is 28.5 Å². The summed E-state index contributed by atoms with van der Waals surface area (Å²) in [6.45, 7) is 18.5. The maximum absolute atomic E-state index is 13.2. The van der Waals surface area contributed by atoms with E-state index >= 15 is 0 Å². The van der Waals surface area contributed by atoms with Crippen LogP contribution in [0.4, 0.5) is 24.0 Å². The molecule has 0 saturated heterocycles. The molecule has 10 amide bonds. The minimum atomic E-state index is -0.661. The number of unbranched alkanes of at least 4 members (excludes halogenated alkanes) is 3. The molecule has 137 heavy (non-hydrogen) atoms. The number of benzene rings is 5. The van der Waals surface area contributed by atoms with Crippen LogP contribution < -0.4 is 55.6 Å². The molecule has 32 nitrogen and oxygen atoms in total. The minimum absolute atomic E-state index is 0.0844. The fraction of sp³-hybridized carbons (Fsp3) is 0.248. The number of Topliss-reactive ketones (excluding diaryl/α,β-unsaturated/α-hetero) is 5. The lowest BCUT2D eigenvalue weighted by Gasteiger charge is -2.33. The summed E-state index contributed by atoms with van der Waals surface area (Å²) in [5, 5.41) is 35.6. The van der Waals surface area contributed by atoms with Crippen LogP contribution in [0.1, 0.15) is 217 Å². The molecule has 0 saturated carbocycles. The number of amides is 10. The number of nitrogens with zero attached hydrogens (tertiary/aromatic N) is 11. The third-order valence-electron chi connectivity index (χ3n) is 24.1. The molecule has 5 aliphatic heterocycles. The smallest absolute Gasteiger partial charge is 0.323 e. The first-order chi connectivity index (χ1) is 66.6. The van der Waals surface area contributed by atoms with Crippen LogP contribution in [0.15, 0.2) is 247 Å². The van der Waals surface area contributed by atoms with Crippen molar-refractivity contribution in [2.75, 3.05) is 59.7 Å². The molecular weight excluding hydrogens is 1740 g/mol. The lowest BCUT2D eigenvalue weighted by Crippen LogP contribution is -2.46. The molecule has 10 aliphatic rings. The van der Waals surface area contributed by atoms with Crippen LogP contribution in [0.3, 0.4) is 0 Å². The Labute approximate surface area is 789 Å². The number of aromatic nitrogens is 5. The monoisotopic (exact) mass is 1840 g/mol. The molecular formula is C105H97N17O15. The molecule has 0 fully saturated rings. The van der Waals surface area contributed by atoms with E-state index in [9.17, 15) is 53.2 Å². The molecule has 5 aromatic carbocycles. The van der Waals surface area contributed by atoms with Gasteiger partial charge in [0.2, 0.25) is 0 Å². The first-order valence-corrected chi connectivity index (χ1v) is 45.2. The Hall–Kier alpha value is -17.0. The highest BCUT2D eigenvalue weighted by Gasteiger charge is 2.50. The Morgan fingerprint density at radius 3 is 1.07 bits per heavy atom. The van der Waals surface area contributed by atoms with Gasteiger partial charge in [0.15, 0.2) is 28.9 Å². The first-order valence-electron chi connectivity index (χ1n) is 45.2. The summed E-state index contributed by atoms with van der Waals surface area (Å²) >= 11 is 0. The SMILES string of the molecule is C=CCOc1cccc(C2NC(=O)N(CC#N)C3=C2C(=O)c2cccnc23)c1.CCCCOc1cccc(C2NC(=O)N(C)C3=C2C(=O)c2cccnc23)c1.CCCCOc1cccc(C2NC(=O)N(CC#N)C3=C2C(=O)c2cccnc23)c1.CCCCOc1cccc(C2NC(=O)N(CC)C3=C2C(=O)c2cccnc23)c1.CCOc1cccc(C2NC(=O)NC3=C2C(=O)c2ccc(C)nc23)c1. The molecule has 5 aromatic heterocycles. The van der Waals surface area contributed by atoms with Crippen LogP contribution in [0.2, 0.25) is 0 Å². The molecule has 10 aromatic rings. The van der Waals surface area contributed by atoms with Crippen LogP contribution >= 0.6 is 0 Å². The molecule has 5 aliphatic carbocycles. The van der Waals surface area contributed by atoms with Crippen molar-refractivity contribution in [1.29, 1.82) is 10.5 Å². The minimum Gasteiger partial charge on any atom is -0.494 e. The second-order valence-corrected chi connectivity index (χ2v) is 32.8. The Morgan fingerprint density at radius 1 is 0.380 bits per heavy atom. The van der Waals surface area contributed by atoms with Crippen LogP contribution in [-0.2, 0) is 0 Å². The number of ketones is 5. The van der Waals surface area contributed by atoms with Crippen molar-refractivity contribution in [1.82, 2.24) is 76.4 Å². The molecule has 0 bridgehead atoms. The number of urea groups is 5. The van der Waals surface area contributed by atoms with E-state index < -0.39 is 42.3 Å². The zero-order valence-corrected chi connectivity index (χ0v) is 76.2. The van der Waals surface area contributed by atoms with Crippen LogP contribution in [0.5, 0.6) is 28.7 Å². The second-order valence-electron chi connectivity index (χ2n) is 32.8. The van der Waals surface area contributed by atoms with E-state index in [2.05, 4.69) is 84.2 Å². The van der Waals surface area contributed by atoms with Crippen molar-refractivity contribution in [3.63, 3.8) is 0 Å². The number of pyridine rings is 5. The second kappa shape index (κ2) is 41.4. The largest absolute Gasteiger partial charge is 0.494 e. The number of carbonyl (C=O) groups is 10. The van der Waals surface area contributed by atoms with Gasteiger partial charge in [-0.25, -0.2) is 24.0 Å². The first kappa shape index (κ1) is 93.2. The molecule has 10 heterocycles. The standard InChI is InChI=1S/C22H20N4O3.C22H23N3O3.C21H16N4O3.C21H21N3O3.C19H17N3O3/c1-2-3-12-29-15-7-4-6-14(13-15)18-17-20(26(11-9-23)22(28)25-18)19-16(21(17)27)8-5-10-24-19;1-3-5-12-28-15-9-6-8-14(13-15)18-17-20(25(4-2)22(27)24-18)19-16(21(17)26)10-7-11-23-19;1-2-11-28-14-6-3-5-13(12-14)17-16-19(25(10-8-22)21(27)24-17)18-15(20(16)26)7-4-9-23-18;1-3-4-11-27-14-8-5-7-13(12-14)17-16-19(24(2)21(26)23-17)18-15(20(16)25)9-6-10-22-18;1-3-25-12-6-4-5-11(9-12)15-14-17(22-19(24)21-15)16-13(18(14)23)8-7-10(2)20-16/h4-8,10,13,18H,2-3,11-12H2,1H3,(H,25,28);6-11,13,18H,3-5,12H2,1-2H3,(H,24,27);2-7,9,12,17H,1,10-11H2,(H,24,27);5-10,12,17H,3-4,11H2,1-2H3,(H,23,26);4-9,15H,3H2,1-2H3,(H2,21,22,24). The van der Waals surface area contributed by atoms with Gasteiger partial charge < -0.3 is 55.6 Å². The van der Waals surface area contributed by atoms with Gasteiger partial charge in [0, 0.05) is 44.1 Å². The molecule has 692 valence electrons. The Morgan fingerprint density at radius 2 is 0.708 bits per heavy atom. The number of carbonyl (C=O) groups excluding carboxylic acids is 10. The van der Waals surface area contributed by atoms with E-state index in [0.29, 0.717) is 175 Å². The van der Waals surface area contributed by atoms with Crippen LogP contribution in [-0.4, -0.2) is 163 Å². The molecule has 0 spiro atoms. The van der Waals surface area contributed by atoms with E-state index in [0.717, 1.165) is 78.0 Å². The van der Waals surface area contributed by atoms with Crippen molar-refractivity contribution in [2.24, 2.45) is 0 Å². The van der Waals surface area contributed by atoms with Crippen LogP contribution in [0, 0.1) is 29.6 Å². The number of nitriles is 2. The average Bonchev–Trinajstić information content (AvgIpc) is 1.36. The van der Waals surface area contributed by atoms with E-state index in [1.54, 1.807) is 122 Å². The summed E-state index contributed by atoms with van der Waals surface area (Å²) in [5.74, 6) is 2.78. The van der Waals surface area contributed by atoms with Crippen molar-refractivity contribution >= 4 is 87.6 Å². The average molecular weight is 1840 g/mol. The summed E-state index contributed by atoms with van der Waals surface area (Å²) < 4.78 is 28.5. The molecule has 20 rings (SSSR count). The molecule has 5 unspecified atom stereocenters. The van der Waals surface area contributed by atoms with Gasteiger partial charge in [0.1, 0.15) is 48.4 Å². The number of hydrogen-bond donors (Lipinski definition) is 6.